The van der Waals surface area contributed by atoms with Crippen LogP contribution < -0.4 is 0 Å². The average molecular weight is 784 g/mol. The van der Waals surface area contributed by atoms with Crippen molar-refractivity contribution < 1.29 is 0 Å². The largest absolute Gasteiger partial charge is 0.314 e. The van der Waals surface area contributed by atoms with Gasteiger partial charge in [-0.1, -0.05) is 155 Å². The van der Waals surface area contributed by atoms with Gasteiger partial charge in [-0.3, -0.25) is 0 Å². The van der Waals surface area contributed by atoms with E-state index in [1.807, 2.05) is 85.0 Å². The van der Waals surface area contributed by atoms with Gasteiger partial charge in [0.15, 0.2) is 24.8 Å². The molecule has 5 nitrogen and oxygen atoms in total. The Morgan fingerprint density at radius 3 is 1.93 bits per heavy atom. The molecule has 0 radical (unpaired) electrons. The fraction of sp³-hybridized carbons (Fsp3) is 0.115. The fourth-order valence-electron chi connectivity index (χ4n) is 8.31. The van der Waals surface area contributed by atoms with E-state index in [0.717, 1.165) is 67.4 Å². The Balaban J connectivity index is 1.21. The minimum absolute atomic E-state index is 0.186. The van der Waals surface area contributed by atoms with Gasteiger partial charge in [0.2, 0.25) is 0 Å². The zero-order chi connectivity index (χ0) is 41.3. The fourth-order valence-corrected chi connectivity index (χ4v) is 9.25. The zero-order valence-electron chi connectivity index (χ0n) is 34.3. The Bertz CT molecular complexity index is 2850. The quantitative estimate of drug-likeness (QED) is 0.0968. The van der Waals surface area contributed by atoms with Gasteiger partial charge < -0.3 is 4.57 Å². The standard InChI is InChI=1S/C52H46BN5S/c1-9-11-26-41-34(4)45(32-43-33(3)42(27-12-10-2)47(53-8)52(43,6)7)58(35(41)5)40-25-19-24-39(30-40)51-54-44-31-38(28-29-46(44)59-51)50-56-48(36-20-15-13-16-21-36)55-49(57-50)37-22-17-14-18-23-37/h9-32,53H,1-3H2,4-8H3/b26-11-,27-12-,43-32+. The highest BCUT2D eigenvalue weighted by Gasteiger charge is 2.38. The molecule has 288 valence electrons. The molecule has 0 N–H and O–H groups in total. The van der Waals surface area contributed by atoms with E-state index >= 15 is 0 Å². The molecule has 1 aliphatic carbocycles. The van der Waals surface area contributed by atoms with Crippen molar-refractivity contribution in [2.75, 3.05) is 0 Å². The van der Waals surface area contributed by atoms with Crippen LogP contribution in [-0.4, -0.2) is 31.8 Å². The van der Waals surface area contributed by atoms with E-state index in [-0.39, 0.29) is 5.41 Å². The molecule has 4 aromatic carbocycles. The lowest BCUT2D eigenvalue weighted by molar-refractivity contribution is 0.595. The highest BCUT2D eigenvalue weighted by atomic mass is 32.1. The second-order valence-electron chi connectivity index (χ2n) is 15.2. The van der Waals surface area contributed by atoms with Crippen LogP contribution in [0.15, 0.2) is 175 Å². The van der Waals surface area contributed by atoms with Gasteiger partial charge in [-0.2, -0.15) is 0 Å². The van der Waals surface area contributed by atoms with Crippen molar-refractivity contribution in [2.45, 2.75) is 34.5 Å². The summed E-state index contributed by atoms with van der Waals surface area (Å²) in [5, 5.41) is 0.943. The number of rotatable bonds is 11. The molecule has 0 aliphatic heterocycles. The number of benzene rings is 4. The van der Waals surface area contributed by atoms with Crippen LogP contribution in [-0.2, 0) is 0 Å². The molecule has 1 aliphatic rings. The topological polar surface area (TPSA) is 56.5 Å². The number of thiazole rings is 1. The van der Waals surface area contributed by atoms with E-state index in [1.165, 1.54) is 27.7 Å². The summed E-state index contributed by atoms with van der Waals surface area (Å²) < 4.78 is 3.47. The molecule has 0 bridgehead atoms. The number of nitrogens with zero attached hydrogens (tertiary/aromatic N) is 5. The summed E-state index contributed by atoms with van der Waals surface area (Å²) in [5.74, 6) is 1.87. The van der Waals surface area contributed by atoms with Crippen molar-refractivity contribution in [2.24, 2.45) is 5.41 Å². The normalized spacial score (nSPS) is 14.7. The lowest BCUT2D eigenvalue weighted by Crippen LogP contribution is -2.17. The molecule has 3 heterocycles. The Morgan fingerprint density at radius 2 is 1.31 bits per heavy atom. The van der Waals surface area contributed by atoms with Gasteiger partial charge in [-0.15, -0.1) is 11.3 Å². The molecule has 3 aromatic heterocycles. The van der Waals surface area contributed by atoms with E-state index < -0.39 is 0 Å². The maximum absolute atomic E-state index is 5.21. The number of aromatic nitrogens is 5. The second kappa shape index (κ2) is 16.3. The Morgan fingerprint density at radius 1 is 0.695 bits per heavy atom. The molecule has 0 saturated carbocycles. The van der Waals surface area contributed by atoms with Crippen LogP contribution in [0.25, 0.3) is 72.8 Å². The third-order valence-electron chi connectivity index (χ3n) is 11.3. The summed E-state index contributed by atoms with van der Waals surface area (Å²) in [7, 11) is 0.942. The summed E-state index contributed by atoms with van der Waals surface area (Å²) >= 11 is 1.68. The molecule has 8 rings (SSSR count). The molecule has 7 aromatic rings. The minimum Gasteiger partial charge on any atom is -0.314 e. The minimum atomic E-state index is -0.186. The summed E-state index contributed by atoms with van der Waals surface area (Å²) in [6, 6.07) is 35.1. The van der Waals surface area contributed by atoms with Crippen LogP contribution in [0.2, 0.25) is 6.82 Å². The summed E-state index contributed by atoms with van der Waals surface area (Å²) in [6.07, 6.45) is 14.4. The zero-order valence-corrected chi connectivity index (χ0v) is 35.1. The lowest BCUT2D eigenvalue weighted by atomic mass is 9.60. The van der Waals surface area contributed by atoms with Crippen molar-refractivity contribution in [1.29, 1.82) is 0 Å². The van der Waals surface area contributed by atoms with E-state index in [4.69, 9.17) is 19.9 Å². The molecular formula is C52H46BN5S. The predicted octanol–water partition coefficient (Wildman–Crippen LogP) is 13.2. The van der Waals surface area contributed by atoms with Crippen molar-refractivity contribution in [3.8, 4) is 50.4 Å². The molecule has 0 atom stereocenters. The first-order chi connectivity index (χ1) is 28.6. The summed E-state index contributed by atoms with van der Waals surface area (Å²) in [5.41, 5.74) is 15.1. The lowest BCUT2D eigenvalue weighted by Gasteiger charge is -2.25. The molecule has 0 amide bonds. The van der Waals surface area contributed by atoms with Crippen LogP contribution >= 0.6 is 11.3 Å². The third-order valence-corrected chi connectivity index (χ3v) is 12.4. The van der Waals surface area contributed by atoms with Crippen LogP contribution in [0.4, 0.5) is 0 Å². The van der Waals surface area contributed by atoms with Crippen LogP contribution in [0.3, 0.4) is 0 Å². The Kier molecular flexibility index (Phi) is 10.8. The highest BCUT2D eigenvalue weighted by molar-refractivity contribution is 7.21. The summed E-state index contributed by atoms with van der Waals surface area (Å²) in [4.78, 5) is 20.0. The first kappa shape index (κ1) is 39.1. The van der Waals surface area contributed by atoms with Gasteiger partial charge >= 0.3 is 0 Å². The van der Waals surface area contributed by atoms with E-state index in [2.05, 4.69) is 120 Å². The van der Waals surface area contributed by atoms with Crippen LogP contribution in [0, 0.1) is 19.3 Å². The maximum Gasteiger partial charge on any atom is 0.164 e. The molecule has 0 unspecified atom stereocenters. The van der Waals surface area contributed by atoms with Crippen LogP contribution in [0.5, 0.6) is 0 Å². The van der Waals surface area contributed by atoms with Gasteiger partial charge in [-0.25, -0.2) is 19.9 Å². The van der Waals surface area contributed by atoms with Gasteiger partial charge in [0.25, 0.3) is 0 Å². The molecule has 0 spiro atoms. The van der Waals surface area contributed by atoms with Crippen molar-refractivity contribution in [3.63, 3.8) is 0 Å². The van der Waals surface area contributed by atoms with Crippen molar-refractivity contribution in [3.05, 3.63) is 198 Å². The molecule has 59 heavy (non-hydrogen) atoms. The van der Waals surface area contributed by atoms with Gasteiger partial charge in [0, 0.05) is 44.7 Å². The first-order valence-electron chi connectivity index (χ1n) is 20.0. The van der Waals surface area contributed by atoms with E-state index in [1.54, 1.807) is 11.3 Å². The van der Waals surface area contributed by atoms with Gasteiger partial charge in [0.05, 0.1) is 10.2 Å². The maximum atomic E-state index is 5.21. The van der Waals surface area contributed by atoms with Gasteiger partial charge in [-0.05, 0) is 78.1 Å². The number of hydrogen-bond acceptors (Lipinski definition) is 5. The molecule has 0 fully saturated rings. The summed E-state index contributed by atoms with van der Waals surface area (Å²) in [6.45, 7) is 23.8. The number of hydrogen-bond donors (Lipinski definition) is 0. The van der Waals surface area contributed by atoms with E-state index in [0.29, 0.717) is 17.5 Å². The monoisotopic (exact) mass is 783 g/mol. The smallest absolute Gasteiger partial charge is 0.164 e. The van der Waals surface area contributed by atoms with Crippen molar-refractivity contribution >= 4 is 41.0 Å². The second-order valence-corrected chi connectivity index (χ2v) is 16.3. The van der Waals surface area contributed by atoms with E-state index in [9.17, 15) is 0 Å². The number of allylic oxidation sites excluding steroid dienone is 9. The third kappa shape index (κ3) is 7.35. The molecule has 0 saturated heterocycles. The average Bonchev–Trinajstić information content (AvgIpc) is 3.85. The van der Waals surface area contributed by atoms with Crippen molar-refractivity contribution in [1.82, 2.24) is 24.5 Å². The Hall–Kier alpha value is -6.70. The SMILES string of the molecule is C=C/C=C\C1=C(BC)C(C)(C)/C(=C/c2c(C)c(/C=C\C=C)c(C)n2-c2cccc(-c3nc4cc(-c5nc(-c6ccccc6)nc(-c6ccccc6)n5)ccc4s3)c2)C1=C. The molecular weight excluding hydrogens is 737 g/mol. The molecule has 7 heteroatoms. The first-order valence-corrected chi connectivity index (χ1v) is 20.8. The van der Waals surface area contributed by atoms with Crippen LogP contribution in [0.1, 0.15) is 36.4 Å². The highest BCUT2D eigenvalue weighted by Crippen LogP contribution is 2.50. The Labute approximate surface area is 352 Å². The number of fused-ring (bicyclic) bond motifs is 1. The van der Waals surface area contributed by atoms with Gasteiger partial charge in [0.1, 0.15) is 5.01 Å². The predicted molar refractivity (Wildman–Crippen MR) is 253 cm³/mol.